The van der Waals surface area contributed by atoms with Crippen molar-refractivity contribution in [2.75, 3.05) is 13.1 Å². The molecular formula is C26H32N2O4. The van der Waals surface area contributed by atoms with E-state index < -0.39 is 0 Å². The first-order valence-electron chi connectivity index (χ1n) is 11.9. The zero-order chi connectivity index (χ0) is 22.3. The molecule has 1 saturated carbocycles. The number of aryl methyl sites for hydroxylation is 2. The monoisotopic (exact) mass is 436 g/mol. The normalized spacial score (nSPS) is 22.1. The SMILES string of the molecule is Cc1cc(C(=O)N2CCC3(CC2)C[C@H](CC(=O)NC2CCC2)c2ccccc2O3)c(C)o1. The van der Waals surface area contributed by atoms with Crippen molar-refractivity contribution in [3.8, 4) is 5.75 Å². The van der Waals surface area contributed by atoms with Crippen molar-refractivity contribution in [2.24, 2.45) is 0 Å². The first kappa shape index (κ1) is 21.1. The van der Waals surface area contributed by atoms with E-state index in [-0.39, 0.29) is 23.3 Å². The molecule has 1 spiro atoms. The zero-order valence-electron chi connectivity index (χ0n) is 19.0. The predicted molar refractivity (Wildman–Crippen MR) is 121 cm³/mol. The number of amides is 2. The van der Waals surface area contributed by atoms with Gasteiger partial charge in [-0.1, -0.05) is 18.2 Å². The molecule has 0 bridgehead atoms. The summed E-state index contributed by atoms with van der Waals surface area (Å²) in [7, 11) is 0. The second kappa shape index (κ2) is 8.30. The third-order valence-electron chi connectivity index (χ3n) is 7.44. The fourth-order valence-electron chi connectivity index (χ4n) is 5.43. The lowest BCUT2D eigenvalue weighted by Gasteiger charge is -2.47. The summed E-state index contributed by atoms with van der Waals surface area (Å²) in [5, 5.41) is 3.19. The Hall–Kier alpha value is -2.76. The minimum atomic E-state index is -0.325. The average Bonchev–Trinajstić information content (AvgIpc) is 3.09. The highest BCUT2D eigenvalue weighted by Gasteiger charge is 2.44. The number of hydrogen-bond donors (Lipinski definition) is 1. The highest BCUT2D eigenvalue weighted by molar-refractivity contribution is 5.95. The first-order valence-corrected chi connectivity index (χ1v) is 11.9. The Morgan fingerprint density at radius 3 is 2.56 bits per heavy atom. The van der Waals surface area contributed by atoms with Crippen molar-refractivity contribution in [1.82, 2.24) is 10.2 Å². The van der Waals surface area contributed by atoms with E-state index in [2.05, 4.69) is 11.4 Å². The number of carbonyl (C=O) groups excluding carboxylic acids is 2. The van der Waals surface area contributed by atoms with Gasteiger partial charge in [0.25, 0.3) is 5.91 Å². The fourth-order valence-corrected chi connectivity index (χ4v) is 5.43. The average molecular weight is 437 g/mol. The van der Waals surface area contributed by atoms with E-state index in [1.165, 1.54) is 6.42 Å². The van der Waals surface area contributed by atoms with Crippen LogP contribution in [0.5, 0.6) is 5.75 Å². The van der Waals surface area contributed by atoms with Crippen LogP contribution in [0.4, 0.5) is 0 Å². The molecule has 1 saturated heterocycles. The summed E-state index contributed by atoms with van der Waals surface area (Å²) in [6.45, 7) is 4.99. The number of furan rings is 1. The number of rotatable bonds is 4. The van der Waals surface area contributed by atoms with Crippen LogP contribution in [0.1, 0.15) is 78.3 Å². The second-order valence-corrected chi connectivity index (χ2v) is 9.74. The number of piperidine rings is 1. The summed E-state index contributed by atoms with van der Waals surface area (Å²) in [6.07, 6.45) is 6.25. The van der Waals surface area contributed by atoms with Gasteiger partial charge in [-0.3, -0.25) is 9.59 Å². The Bertz CT molecular complexity index is 1010. The van der Waals surface area contributed by atoms with E-state index in [4.69, 9.17) is 9.15 Å². The molecule has 2 aromatic rings. The van der Waals surface area contributed by atoms with Crippen LogP contribution in [0.3, 0.4) is 0 Å². The van der Waals surface area contributed by atoms with Gasteiger partial charge in [0.15, 0.2) is 0 Å². The van der Waals surface area contributed by atoms with Crippen molar-refractivity contribution < 1.29 is 18.7 Å². The molecule has 1 aromatic carbocycles. The van der Waals surface area contributed by atoms with E-state index in [0.717, 1.165) is 49.2 Å². The van der Waals surface area contributed by atoms with Crippen molar-refractivity contribution in [3.63, 3.8) is 0 Å². The second-order valence-electron chi connectivity index (χ2n) is 9.74. The van der Waals surface area contributed by atoms with Gasteiger partial charge in [-0.15, -0.1) is 0 Å². The predicted octanol–water partition coefficient (Wildman–Crippen LogP) is 4.50. The number of carbonyl (C=O) groups is 2. The summed E-state index contributed by atoms with van der Waals surface area (Å²) >= 11 is 0. The number of nitrogens with one attached hydrogen (secondary N) is 1. The first-order chi connectivity index (χ1) is 15.4. The van der Waals surface area contributed by atoms with E-state index >= 15 is 0 Å². The number of ether oxygens (including phenoxy) is 1. The van der Waals surface area contributed by atoms with E-state index in [1.54, 1.807) is 0 Å². The maximum Gasteiger partial charge on any atom is 0.257 e. The highest BCUT2D eigenvalue weighted by atomic mass is 16.5. The summed E-state index contributed by atoms with van der Waals surface area (Å²) in [5.41, 5.74) is 1.46. The lowest BCUT2D eigenvalue weighted by molar-refractivity contribution is -0.123. The third kappa shape index (κ3) is 4.03. The van der Waals surface area contributed by atoms with Crippen LogP contribution in [0.15, 0.2) is 34.7 Å². The molecule has 1 N–H and O–H groups in total. The quantitative estimate of drug-likeness (QED) is 0.766. The third-order valence-corrected chi connectivity index (χ3v) is 7.44. The number of hydrogen-bond acceptors (Lipinski definition) is 4. The largest absolute Gasteiger partial charge is 0.487 e. The van der Waals surface area contributed by atoms with Crippen LogP contribution in [0.25, 0.3) is 0 Å². The van der Waals surface area contributed by atoms with Crippen LogP contribution in [-0.4, -0.2) is 41.4 Å². The minimum Gasteiger partial charge on any atom is -0.487 e. The summed E-state index contributed by atoms with van der Waals surface area (Å²) in [6, 6.07) is 10.3. The van der Waals surface area contributed by atoms with Crippen molar-refractivity contribution in [1.29, 1.82) is 0 Å². The highest BCUT2D eigenvalue weighted by Crippen LogP contribution is 2.46. The lowest BCUT2D eigenvalue weighted by atomic mass is 9.76. The molecule has 2 fully saturated rings. The smallest absolute Gasteiger partial charge is 0.257 e. The maximum atomic E-state index is 13.0. The summed E-state index contributed by atoms with van der Waals surface area (Å²) in [4.78, 5) is 27.6. The number of fused-ring (bicyclic) bond motifs is 1. The van der Waals surface area contributed by atoms with Crippen molar-refractivity contribution >= 4 is 11.8 Å². The molecule has 2 amide bonds. The molecule has 3 aliphatic rings. The van der Waals surface area contributed by atoms with Crippen LogP contribution in [-0.2, 0) is 4.79 Å². The molecule has 6 heteroatoms. The standard InChI is InChI=1S/C26H32N2O4/c1-17-14-22(18(2)31-17)25(30)28-12-10-26(11-13-28)16-19(15-24(29)27-20-6-5-7-20)21-8-3-4-9-23(21)32-26/h3-4,8-9,14,19-20H,5-7,10-13,15-16H2,1-2H3,(H,27,29)/t19-/m0/s1. The molecule has 3 heterocycles. The van der Waals surface area contributed by atoms with E-state index in [9.17, 15) is 9.59 Å². The van der Waals surface area contributed by atoms with Gasteiger partial charge in [-0.25, -0.2) is 0 Å². The molecule has 1 aromatic heterocycles. The molecular weight excluding hydrogens is 404 g/mol. The van der Waals surface area contributed by atoms with E-state index in [0.29, 0.717) is 36.9 Å². The van der Waals surface area contributed by atoms with Crippen LogP contribution in [0.2, 0.25) is 0 Å². The maximum absolute atomic E-state index is 13.0. The van der Waals surface area contributed by atoms with Gasteiger partial charge in [0, 0.05) is 44.3 Å². The van der Waals surface area contributed by atoms with Crippen LogP contribution in [0, 0.1) is 13.8 Å². The number of nitrogens with zero attached hydrogens (tertiary/aromatic N) is 1. The fraction of sp³-hybridized carbons (Fsp3) is 0.538. The molecule has 1 aliphatic carbocycles. The topological polar surface area (TPSA) is 71.8 Å². The molecule has 6 nitrogen and oxygen atoms in total. The minimum absolute atomic E-state index is 0.0295. The van der Waals surface area contributed by atoms with Crippen LogP contribution >= 0.6 is 0 Å². The Labute approximate surface area is 189 Å². The Balaban J connectivity index is 1.29. The van der Waals surface area contributed by atoms with Gasteiger partial charge in [0.2, 0.25) is 5.91 Å². The summed E-state index contributed by atoms with van der Waals surface area (Å²) < 4.78 is 12.1. The number of benzene rings is 1. The molecule has 0 radical (unpaired) electrons. The molecule has 170 valence electrons. The van der Waals surface area contributed by atoms with Gasteiger partial charge in [0.1, 0.15) is 22.9 Å². The summed E-state index contributed by atoms with van der Waals surface area (Å²) in [5.74, 6) is 2.64. The van der Waals surface area contributed by atoms with Gasteiger partial charge < -0.3 is 19.4 Å². The molecule has 32 heavy (non-hydrogen) atoms. The number of likely N-dealkylation sites (tertiary alicyclic amines) is 1. The van der Waals surface area contributed by atoms with Gasteiger partial charge >= 0.3 is 0 Å². The molecule has 5 rings (SSSR count). The number of para-hydroxylation sites is 1. The Morgan fingerprint density at radius 1 is 1.16 bits per heavy atom. The van der Waals surface area contributed by atoms with Gasteiger partial charge in [0.05, 0.1) is 5.56 Å². The van der Waals surface area contributed by atoms with E-state index in [1.807, 2.05) is 43.0 Å². The Kier molecular flexibility index (Phi) is 5.48. The zero-order valence-corrected chi connectivity index (χ0v) is 19.0. The van der Waals surface area contributed by atoms with Crippen molar-refractivity contribution in [2.45, 2.75) is 76.4 Å². The Morgan fingerprint density at radius 2 is 1.91 bits per heavy atom. The molecule has 0 unspecified atom stereocenters. The molecule has 1 atom stereocenters. The van der Waals surface area contributed by atoms with Gasteiger partial charge in [-0.05, 0) is 57.2 Å². The molecule has 2 aliphatic heterocycles. The van der Waals surface area contributed by atoms with Gasteiger partial charge in [-0.2, -0.15) is 0 Å². The van der Waals surface area contributed by atoms with Crippen LogP contribution < -0.4 is 10.1 Å². The lowest BCUT2D eigenvalue weighted by Crippen LogP contribution is -2.52. The van der Waals surface area contributed by atoms with Crippen molar-refractivity contribution in [3.05, 3.63) is 53.0 Å².